The number of halogens is 1. The van der Waals surface area contributed by atoms with Crippen molar-refractivity contribution in [2.45, 2.75) is 101 Å². The van der Waals surface area contributed by atoms with Crippen LogP contribution in [-0.2, 0) is 16.0 Å². The Morgan fingerprint density at radius 1 is 1.09 bits per heavy atom. The molecule has 2 saturated heterocycles. The number of hydrazine groups is 1. The molecule has 1 saturated carbocycles. The first-order chi connectivity index (χ1) is 20.6. The van der Waals surface area contributed by atoms with Crippen LogP contribution in [0.1, 0.15) is 68.2 Å². The molecule has 10 nitrogen and oxygen atoms in total. The standard InChI is InChI=1S/C32H40ClN3O7/c1-18-28(37)29(38)30(39)31(42-18)21-8-13-26(33)22(16-21)15-19-4-9-24(10-5-19)43-25-11-6-20(7-12-25)27(32(40)41)35-36-14-2-3-23(36)17-34/h4-5,8-10,13,16,18,20,23,25,27-31,35,37-39H,2-3,6-7,11-12,14-15H2,1H3,(H,40,41)/t18-,20?,23?,25?,27+,28-,29+,30-,31+/m1/s1. The van der Waals surface area contributed by atoms with Crippen molar-refractivity contribution >= 4 is 17.6 Å². The number of nitrogens with one attached hydrogen (secondary N) is 1. The second kappa shape index (κ2) is 13.9. The average Bonchev–Trinajstić information content (AvgIpc) is 3.46. The van der Waals surface area contributed by atoms with Crippen LogP contribution in [0.2, 0.25) is 5.02 Å². The summed E-state index contributed by atoms with van der Waals surface area (Å²) in [4.78, 5) is 12.0. The minimum absolute atomic E-state index is 0.000467. The third-order valence-corrected chi connectivity index (χ3v) is 9.40. The van der Waals surface area contributed by atoms with E-state index in [1.807, 2.05) is 30.3 Å². The highest BCUT2D eigenvalue weighted by Gasteiger charge is 2.42. The number of rotatable bonds is 9. The molecule has 2 aromatic rings. The number of ether oxygens (including phenoxy) is 2. The maximum absolute atomic E-state index is 12.0. The van der Waals surface area contributed by atoms with Crippen LogP contribution in [0.5, 0.6) is 5.75 Å². The number of hydrogen-bond donors (Lipinski definition) is 5. The second-order valence-corrected chi connectivity index (χ2v) is 12.4. The minimum atomic E-state index is -1.31. The molecule has 2 heterocycles. The first-order valence-corrected chi connectivity index (χ1v) is 15.4. The molecule has 1 aliphatic carbocycles. The summed E-state index contributed by atoms with van der Waals surface area (Å²) < 4.78 is 12.0. The van der Waals surface area contributed by atoms with Crippen molar-refractivity contribution in [1.29, 1.82) is 5.26 Å². The molecule has 3 aliphatic rings. The van der Waals surface area contributed by atoms with Crippen molar-refractivity contribution in [2.24, 2.45) is 5.92 Å². The monoisotopic (exact) mass is 613 g/mol. The molecule has 7 atom stereocenters. The molecule has 0 radical (unpaired) electrons. The van der Waals surface area contributed by atoms with Crippen LogP contribution in [0.15, 0.2) is 42.5 Å². The van der Waals surface area contributed by atoms with Gasteiger partial charge in [0.15, 0.2) is 0 Å². The Labute approximate surface area is 256 Å². The molecule has 5 N–H and O–H groups in total. The molecule has 11 heteroatoms. The predicted molar refractivity (Wildman–Crippen MR) is 158 cm³/mol. The molecule has 0 amide bonds. The van der Waals surface area contributed by atoms with Crippen molar-refractivity contribution in [3.05, 3.63) is 64.2 Å². The fraction of sp³-hybridized carbons (Fsp3) is 0.562. The molecule has 5 rings (SSSR count). The van der Waals surface area contributed by atoms with Gasteiger partial charge in [-0.3, -0.25) is 4.79 Å². The van der Waals surface area contributed by atoms with Crippen LogP contribution >= 0.6 is 11.6 Å². The van der Waals surface area contributed by atoms with Gasteiger partial charge in [0.25, 0.3) is 0 Å². The van der Waals surface area contributed by atoms with Crippen molar-refractivity contribution < 1.29 is 34.7 Å². The van der Waals surface area contributed by atoms with E-state index >= 15 is 0 Å². The number of nitrogens with zero attached hydrogens (tertiary/aromatic N) is 2. The first-order valence-electron chi connectivity index (χ1n) is 15.0. The molecule has 3 fully saturated rings. The van der Waals surface area contributed by atoms with Crippen molar-refractivity contribution in [3.8, 4) is 11.8 Å². The van der Waals surface area contributed by atoms with Crippen LogP contribution < -0.4 is 10.2 Å². The first kappa shape index (κ1) is 31.7. The maximum Gasteiger partial charge on any atom is 0.322 e. The normalized spacial score (nSPS) is 32.2. The lowest BCUT2D eigenvalue weighted by Gasteiger charge is -2.39. The number of carboxylic acids is 1. The summed E-state index contributed by atoms with van der Waals surface area (Å²) in [5.41, 5.74) is 5.65. The van der Waals surface area contributed by atoms with E-state index in [1.54, 1.807) is 24.1 Å². The molecular formula is C32H40ClN3O7. The van der Waals surface area contributed by atoms with Crippen LogP contribution in [0.4, 0.5) is 0 Å². The molecule has 232 valence electrons. The van der Waals surface area contributed by atoms with Crippen molar-refractivity contribution in [2.75, 3.05) is 6.54 Å². The minimum Gasteiger partial charge on any atom is -0.490 e. The van der Waals surface area contributed by atoms with Gasteiger partial charge in [0.2, 0.25) is 0 Å². The molecule has 0 spiro atoms. The number of aliphatic carboxylic acids is 1. The van der Waals surface area contributed by atoms with Crippen LogP contribution in [0.3, 0.4) is 0 Å². The van der Waals surface area contributed by atoms with E-state index in [2.05, 4.69) is 11.5 Å². The van der Waals surface area contributed by atoms with Gasteiger partial charge in [-0.25, -0.2) is 10.4 Å². The summed E-state index contributed by atoms with van der Waals surface area (Å²) in [5.74, 6) is -0.173. The summed E-state index contributed by atoms with van der Waals surface area (Å²) in [6, 6.07) is 14.4. The van der Waals surface area contributed by atoms with Gasteiger partial charge < -0.3 is 29.9 Å². The van der Waals surface area contributed by atoms with E-state index in [-0.39, 0.29) is 18.1 Å². The fourth-order valence-electron chi connectivity index (χ4n) is 6.47. The maximum atomic E-state index is 12.0. The summed E-state index contributed by atoms with van der Waals surface area (Å²) in [7, 11) is 0. The number of aliphatic hydroxyl groups excluding tert-OH is 3. The highest BCUT2D eigenvalue weighted by atomic mass is 35.5. The van der Waals surface area contributed by atoms with Crippen LogP contribution in [0.25, 0.3) is 0 Å². The van der Waals surface area contributed by atoms with Crippen molar-refractivity contribution in [1.82, 2.24) is 10.4 Å². The summed E-state index contributed by atoms with van der Waals surface area (Å²) in [6.07, 6.45) is -0.0314. The zero-order valence-electron chi connectivity index (χ0n) is 24.2. The highest BCUT2D eigenvalue weighted by molar-refractivity contribution is 6.31. The van der Waals surface area contributed by atoms with Gasteiger partial charge in [-0.15, -0.1) is 0 Å². The van der Waals surface area contributed by atoms with Gasteiger partial charge in [-0.1, -0.05) is 35.9 Å². The topological polar surface area (TPSA) is 156 Å². The zero-order chi connectivity index (χ0) is 30.7. The quantitative estimate of drug-likeness (QED) is 0.284. The summed E-state index contributed by atoms with van der Waals surface area (Å²) in [5, 5.41) is 52.3. The van der Waals surface area contributed by atoms with Gasteiger partial charge in [0.05, 0.1) is 18.3 Å². The molecule has 0 aromatic heterocycles. The molecule has 2 aliphatic heterocycles. The zero-order valence-corrected chi connectivity index (χ0v) is 24.9. The largest absolute Gasteiger partial charge is 0.490 e. The second-order valence-electron chi connectivity index (χ2n) is 12.0. The molecule has 2 aromatic carbocycles. The Bertz CT molecular complexity index is 1300. The number of carbonyl (C=O) groups is 1. The number of nitriles is 1. The Hall–Kier alpha value is -2.75. The molecule has 0 bridgehead atoms. The smallest absolute Gasteiger partial charge is 0.322 e. The van der Waals surface area contributed by atoms with Gasteiger partial charge in [-0.05, 0) is 92.7 Å². The Morgan fingerprint density at radius 3 is 2.49 bits per heavy atom. The lowest BCUT2D eigenvalue weighted by molar-refractivity contribution is -0.219. The lowest BCUT2D eigenvalue weighted by Crippen LogP contribution is -2.54. The molecule has 1 unspecified atom stereocenters. The highest BCUT2D eigenvalue weighted by Crippen LogP contribution is 2.35. The van der Waals surface area contributed by atoms with Gasteiger partial charge in [0, 0.05) is 11.6 Å². The fourth-order valence-corrected chi connectivity index (χ4v) is 6.65. The van der Waals surface area contributed by atoms with Gasteiger partial charge >= 0.3 is 5.97 Å². The molecular weight excluding hydrogens is 574 g/mol. The number of carboxylic acid groups (broad SMARTS) is 1. The molecule has 43 heavy (non-hydrogen) atoms. The van der Waals surface area contributed by atoms with E-state index in [0.29, 0.717) is 23.6 Å². The van der Waals surface area contributed by atoms with Gasteiger partial charge in [0.1, 0.15) is 42.2 Å². The van der Waals surface area contributed by atoms with E-state index in [4.69, 9.17) is 21.1 Å². The van der Waals surface area contributed by atoms with Crippen LogP contribution in [-0.4, -0.2) is 80.6 Å². The van der Waals surface area contributed by atoms with Gasteiger partial charge in [-0.2, -0.15) is 5.26 Å². The van der Waals surface area contributed by atoms with Crippen LogP contribution in [0, 0.1) is 17.2 Å². The summed E-state index contributed by atoms with van der Waals surface area (Å²) >= 11 is 6.50. The Balaban J connectivity index is 1.15. The number of benzene rings is 2. The number of hydrogen-bond acceptors (Lipinski definition) is 9. The third kappa shape index (κ3) is 7.32. The Kier molecular flexibility index (Phi) is 10.2. The Morgan fingerprint density at radius 2 is 1.81 bits per heavy atom. The third-order valence-electron chi connectivity index (χ3n) is 9.03. The van der Waals surface area contributed by atoms with E-state index in [0.717, 1.165) is 55.4 Å². The SMILES string of the molecule is C[C@H]1O[C@@H](c2ccc(Cl)c(Cc3ccc(OC4CCC([C@H](NN5CCCC5C#N)C(=O)O)CC4)cc3)c2)[C@H](O)[C@@H](O)[C@@H]1O. The van der Waals surface area contributed by atoms with E-state index in [1.165, 1.54) is 0 Å². The summed E-state index contributed by atoms with van der Waals surface area (Å²) in [6.45, 7) is 2.34. The van der Waals surface area contributed by atoms with Crippen molar-refractivity contribution in [3.63, 3.8) is 0 Å². The lowest BCUT2D eigenvalue weighted by atomic mass is 9.82. The van der Waals surface area contributed by atoms with E-state index in [9.17, 15) is 30.5 Å². The number of aliphatic hydroxyl groups is 3. The predicted octanol–water partition coefficient (Wildman–Crippen LogP) is 3.36. The van der Waals surface area contributed by atoms with E-state index < -0.39 is 42.5 Å². The average molecular weight is 614 g/mol.